The first kappa shape index (κ1) is 19.8. The van der Waals surface area contributed by atoms with Crippen LogP contribution in [0.3, 0.4) is 0 Å². The van der Waals surface area contributed by atoms with E-state index < -0.39 is 0 Å². The van der Waals surface area contributed by atoms with E-state index in [1.165, 1.54) is 11.8 Å². The number of amides is 2. The van der Waals surface area contributed by atoms with Crippen molar-refractivity contribution in [3.8, 4) is 5.75 Å². The number of thioether (sulfide) groups is 1. The van der Waals surface area contributed by atoms with E-state index in [9.17, 15) is 9.59 Å². The van der Waals surface area contributed by atoms with E-state index in [2.05, 4.69) is 10.6 Å². The number of para-hydroxylation sites is 3. The number of ether oxygens (including phenoxy) is 1. The lowest BCUT2D eigenvalue weighted by molar-refractivity contribution is -0.115. The van der Waals surface area contributed by atoms with Gasteiger partial charge in [-0.25, -0.2) is 0 Å². The summed E-state index contributed by atoms with van der Waals surface area (Å²) >= 11 is 1.29. The van der Waals surface area contributed by atoms with Gasteiger partial charge in [-0.3, -0.25) is 9.59 Å². The van der Waals surface area contributed by atoms with E-state index >= 15 is 0 Å². The average Bonchev–Trinajstić information content (AvgIpc) is 2.63. The molecular weight excluding hydrogens is 348 g/mol. The summed E-state index contributed by atoms with van der Waals surface area (Å²) in [6.07, 6.45) is 0. The number of carbonyl (C=O) groups excluding carboxylic acids is 2. The van der Waals surface area contributed by atoms with Gasteiger partial charge in [0.05, 0.1) is 23.3 Å². The third kappa shape index (κ3) is 5.81. The number of hydrogen-bond acceptors (Lipinski definition) is 4. The number of carbonyl (C=O) groups is 2. The smallest absolute Gasteiger partial charge is 0.237 e. The first-order valence-electron chi connectivity index (χ1n) is 8.51. The van der Waals surface area contributed by atoms with Crippen LogP contribution in [0.2, 0.25) is 0 Å². The third-order valence-corrected chi connectivity index (χ3v) is 4.84. The molecule has 5 nitrogen and oxygen atoms in total. The predicted octanol–water partition coefficient (Wildman–Crippen LogP) is 4.09. The molecule has 6 heteroatoms. The molecule has 0 fully saturated rings. The summed E-state index contributed by atoms with van der Waals surface area (Å²) in [5, 5.41) is 5.38. The molecule has 0 unspecified atom stereocenters. The van der Waals surface area contributed by atoms with Crippen molar-refractivity contribution in [1.29, 1.82) is 0 Å². The maximum absolute atomic E-state index is 12.3. The number of benzene rings is 2. The molecule has 0 aliphatic heterocycles. The van der Waals surface area contributed by atoms with Crippen LogP contribution in [0, 0.1) is 6.92 Å². The molecular formula is C20H24N2O3S. The molecule has 1 atom stereocenters. The second-order valence-corrected chi connectivity index (χ2v) is 7.06. The highest BCUT2D eigenvalue weighted by atomic mass is 32.2. The molecule has 0 spiro atoms. The molecule has 0 bridgehead atoms. The fourth-order valence-corrected chi connectivity index (χ4v) is 2.95. The van der Waals surface area contributed by atoms with Gasteiger partial charge in [0, 0.05) is 5.69 Å². The molecule has 2 amide bonds. The number of aryl methyl sites for hydroxylation is 1. The van der Waals surface area contributed by atoms with Gasteiger partial charge >= 0.3 is 0 Å². The first-order chi connectivity index (χ1) is 12.5. The van der Waals surface area contributed by atoms with Crippen molar-refractivity contribution in [1.82, 2.24) is 0 Å². The molecule has 0 radical (unpaired) electrons. The summed E-state index contributed by atoms with van der Waals surface area (Å²) in [6.45, 7) is 6.15. The molecule has 26 heavy (non-hydrogen) atoms. The summed E-state index contributed by atoms with van der Waals surface area (Å²) in [7, 11) is 0. The molecule has 0 heterocycles. The Hall–Kier alpha value is -2.47. The normalized spacial score (nSPS) is 11.5. The average molecular weight is 372 g/mol. The molecule has 0 aliphatic carbocycles. The van der Waals surface area contributed by atoms with E-state index in [1.54, 1.807) is 13.0 Å². The second kappa shape index (κ2) is 9.87. The van der Waals surface area contributed by atoms with Crippen LogP contribution < -0.4 is 15.4 Å². The molecule has 0 aromatic heterocycles. The molecule has 2 rings (SSSR count). The van der Waals surface area contributed by atoms with Gasteiger partial charge in [0.25, 0.3) is 0 Å². The molecule has 2 aromatic carbocycles. The van der Waals surface area contributed by atoms with Crippen molar-refractivity contribution in [2.45, 2.75) is 26.0 Å². The molecule has 0 saturated heterocycles. The van der Waals surface area contributed by atoms with Gasteiger partial charge in [0.1, 0.15) is 5.75 Å². The summed E-state index contributed by atoms with van der Waals surface area (Å²) in [6, 6.07) is 14.9. The van der Waals surface area contributed by atoms with E-state index in [-0.39, 0.29) is 22.8 Å². The Labute approximate surface area is 158 Å². The van der Waals surface area contributed by atoms with Gasteiger partial charge in [0.15, 0.2) is 0 Å². The Kier molecular flexibility index (Phi) is 7.53. The lowest BCUT2D eigenvalue weighted by Crippen LogP contribution is -2.25. The predicted molar refractivity (Wildman–Crippen MR) is 108 cm³/mol. The van der Waals surface area contributed by atoms with Crippen molar-refractivity contribution in [3.05, 3.63) is 54.1 Å². The Morgan fingerprint density at radius 2 is 1.69 bits per heavy atom. The molecule has 0 aliphatic rings. The zero-order chi connectivity index (χ0) is 18.9. The van der Waals surface area contributed by atoms with Crippen LogP contribution in [-0.2, 0) is 9.59 Å². The van der Waals surface area contributed by atoms with E-state index in [0.717, 1.165) is 11.3 Å². The fourth-order valence-electron chi connectivity index (χ4n) is 2.26. The van der Waals surface area contributed by atoms with Gasteiger partial charge in [0.2, 0.25) is 11.8 Å². The van der Waals surface area contributed by atoms with Gasteiger partial charge in [-0.2, -0.15) is 0 Å². The maximum Gasteiger partial charge on any atom is 0.237 e. The van der Waals surface area contributed by atoms with Gasteiger partial charge in [-0.15, -0.1) is 11.8 Å². The Balaban J connectivity index is 1.85. The zero-order valence-corrected chi connectivity index (χ0v) is 16.1. The SMILES string of the molecule is CCOc1ccccc1NC(=O)CS[C@@H](C)C(=O)Nc1ccccc1C. The van der Waals surface area contributed by atoms with Crippen molar-refractivity contribution >= 4 is 35.0 Å². The Bertz CT molecular complexity index is 764. The largest absolute Gasteiger partial charge is 0.492 e. The molecule has 2 aromatic rings. The fraction of sp³-hybridized carbons (Fsp3) is 0.300. The van der Waals surface area contributed by atoms with Crippen LogP contribution in [0.4, 0.5) is 11.4 Å². The lowest BCUT2D eigenvalue weighted by atomic mass is 10.2. The van der Waals surface area contributed by atoms with Crippen LogP contribution >= 0.6 is 11.8 Å². The van der Waals surface area contributed by atoms with Crippen molar-refractivity contribution < 1.29 is 14.3 Å². The van der Waals surface area contributed by atoms with E-state index in [4.69, 9.17) is 4.74 Å². The van der Waals surface area contributed by atoms with Gasteiger partial charge in [-0.1, -0.05) is 30.3 Å². The summed E-state index contributed by atoms with van der Waals surface area (Å²) in [4.78, 5) is 24.5. The zero-order valence-electron chi connectivity index (χ0n) is 15.2. The maximum atomic E-state index is 12.3. The van der Waals surface area contributed by atoms with Gasteiger partial charge < -0.3 is 15.4 Å². The van der Waals surface area contributed by atoms with Crippen molar-refractivity contribution in [2.24, 2.45) is 0 Å². The highest BCUT2D eigenvalue weighted by Crippen LogP contribution is 2.24. The third-order valence-electron chi connectivity index (χ3n) is 3.70. The highest BCUT2D eigenvalue weighted by Gasteiger charge is 2.16. The van der Waals surface area contributed by atoms with Crippen LogP contribution in [-0.4, -0.2) is 29.4 Å². The number of rotatable bonds is 8. The topological polar surface area (TPSA) is 67.4 Å². The van der Waals surface area contributed by atoms with E-state index in [1.807, 2.05) is 56.3 Å². The van der Waals surface area contributed by atoms with Crippen LogP contribution in [0.5, 0.6) is 5.75 Å². The van der Waals surface area contributed by atoms with Gasteiger partial charge in [-0.05, 0) is 44.5 Å². The molecule has 2 N–H and O–H groups in total. The first-order valence-corrected chi connectivity index (χ1v) is 9.56. The van der Waals surface area contributed by atoms with Crippen molar-refractivity contribution in [3.63, 3.8) is 0 Å². The minimum absolute atomic E-state index is 0.119. The van der Waals surface area contributed by atoms with E-state index in [0.29, 0.717) is 18.0 Å². The van der Waals surface area contributed by atoms with Crippen LogP contribution in [0.1, 0.15) is 19.4 Å². The Morgan fingerprint density at radius 3 is 2.38 bits per heavy atom. The molecule has 0 saturated carbocycles. The summed E-state index contributed by atoms with van der Waals surface area (Å²) in [5.74, 6) is 0.534. The van der Waals surface area contributed by atoms with Crippen molar-refractivity contribution in [2.75, 3.05) is 23.0 Å². The van der Waals surface area contributed by atoms with Crippen LogP contribution in [0.15, 0.2) is 48.5 Å². The second-order valence-electron chi connectivity index (χ2n) is 5.73. The monoisotopic (exact) mass is 372 g/mol. The number of anilines is 2. The quantitative estimate of drug-likeness (QED) is 0.732. The lowest BCUT2D eigenvalue weighted by Gasteiger charge is -2.14. The van der Waals surface area contributed by atoms with Crippen LogP contribution in [0.25, 0.3) is 0 Å². The number of hydrogen-bond donors (Lipinski definition) is 2. The summed E-state index contributed by atoms with van der Waals surface area (Å²) < 4.78 is 5.49. The molecule has 138 valence electrons. The standard InChI is InChI=1S/C20H24N2O3S/c1-4-25-18-12-8-7-11-17(18)21-19(23)13-26-15(3)20(24)22-16-10-6-5-9-14(16)2/h5-12,15H,4,13H2,1-3H3,(H,21,23)(H,22,24)/t15-/m0/s1. The summed E-state index contributed by atoms with van der Waals surface area (Å²) in [5.41, 5.74) is 2.43. The minimum Gasteiger partial charge on any atom is -0.492 e. The Morgan fingerprint density at radius 1 is 1.04 bits per heavy atom. The minimum atomic E-state index is -0.345. The highest BCUT2D eigenvalue weighted by molar-refractivity contribution is 8.01. The number of nitrogens with one attached hydrogen (secondary N) is 2.